The predicted octanol–water partition coefficient (Wildman–Crippen LogP) is 3.92. The summed E-state index contributed by atoms with van der Waals surface area (Å²) in [4.78, 5) is 23.0. The molecule has 0 aliphatic heterocycles. The monoisotopic (exact) mass is 358 g/mol. The summed E-state index contributed by atoms with van der Waals surface area (Å²) >= 11 is 0. The van der Waals surface area contributed by atoms with Crippen LogP contribution in [0, 0.1) is 5.82 Å². The maximum atomic E-state index is 14.2. The lowest BCUT2D eigenvalue weighted by atomic mass is 10.1. The standard InChI is InChI=1S/C20H19FO5/c1-13(2)20(23)25-16-7-4-14(5-8-16)15-6-9-18(17(21)12-15)26-19(22)10-11-24-3/h4-9,12H,1,10-11H2,2-3H3. The molecule has 0 unspecified atom stereocenters. The second-order valence-electron chi connectivity index (χ2n) is 5.56. The third-order valence-electron chi connectivity index (χ3n) is 3.41. The Morgan fingerprint density at radius 2 is 1.69 bits per heavy atom. The highest BCUT2D eigenvalue weighted by Crippen LogP contribution is 2.27. The Morgan fingerprint density at radius 1 is 1.04 bits per heavy atom. The minimum atomic E-state index is -0.647. The first-order valence-corrected chi connectivity index (χ1v) is 7.88. The quantitative estimate of drug-likeness (QED) is 0.426. The number of hydrogen-bond acceptors (Lipinski definition) is 5. The Kier molecular flexibility index (Phi) is 6.63. The van der Waals surface area contributed by atoms with Crippen LogP contribution in [0.15, 0.2) is 54.6 Å². The molecular weight excluding hydrogens is 339 g/mol. The summed E-state index contributed by atoms with van der Waals surface area (Å²) in [6.45, 7) is 5.28. The highest BCUT2D eigenvalue weighted by atomic mass is 19.1. The second kappa shape index (κ2) is 8.92. The number of carbonyl (C=O) groups is 2. The van der Waals surface area contributed by atoms with E-state index < -0.39 is 17.8 Å². The van der Waals surface area contributed by atoms with Crippen LogP contribution < -0.4 is 9.47 Å². The van der Waals surface area contributed by atoms with Crippen molar-refractivity contribution in [3.8, 4) is 22.6 Å². The number of methoxy groups -OCH3 is 1. The van der Waals surface area contributed by atoms with Gasteiger partial charge in [0.05, 0.1) is 13.0 Å². The fourth-order valence-corrected chi connectivity index (χ4v) is 2.03. The largest absolute Gasteiger partial charge is 0.423 e. The van der Waals surface area contributed by atoms with E-state index in [1.165, 1.54) is 19.2 Å². The lowest BCUT2D eigenvalue weighted by Crippen LogP contribution is -2.11. The fourth-order valence-electron chi connectivity index (χ4n) is 2.03. The van der Waals surface area contributed by atoms with Crippen LogP contribution in [-0.2, 0) is 14.3 Å². The summed E-state index contributed by atoms with van der Waals surface area (Å²) in [6.07, 6.45) is 0.0437. The van der Waals surface area contributed by atoms with E-state index in [2.05, 4.69) is 6.58 Å². The number of carbonyl (C=O) groups excluding carboxylic acids is 2. The van der Waals surface area contributed by atoms with E-state index in [-0.39, 0.29) is 18.8 Å². The Hall–Kier alpha value is -2.99. The number of ether oxygens (including phenoxy) is 3. The highest BCUT2D eigenvalue weighted by molar-refractivity contribution is 5.88. The van der Waals surface area contributed by atoms with E-state index in [1.54, 1.807) is 37.3 Å². The van der Waals surface area contributed by atoms with Crippen molar-refractivity contribution in [2.75, 3.05) is 13.7 Å². The van der Waals surface area contributed by atoms with E-state index in [1.807, 2.05) is 0 Å². The minimum Gasteiger partial charge on any atom is -0.423 e. The first-order chi connectivity index (χ1) is 12.4. The molecule has 0 heterocycles. The van der Waals surface area contributed by atoms with Gasteiger partial charge >= 0.3 is 11.9 Å². The molecule has 0 amide bonds. The van der Waals surface area contributed by atoms with Gasteiger partial charge in [-0.2, -0.15) is 0 Å². The first kappa shape index (κ1) is 19.3. The van der Waals surface area contributed by atoms with Crippen LogP contribution >= 0.6 is 0 Å². The molecule has 0 aliphatic carbocycles. The highest BCUT2D eigenvalue weighted by Gasteiger charge is 2.11. The normalized spacial score (nSPS) is 10.3. The summed E-state index contributed by atoms with van der Waals surface area (Å²) in [7, 11) is 1.47. The number of rotatable bonds is 7. The van der Waals surface area contributed by atoms with Crippen LogP contribution in [0.2, 0.25) is 0 Å². The second-order valence-corrected chi connectivity index (χ2v) is 5.56. The molecule has 136 valence electrons. The van der Waals surface area contributed by atoms with Gasteiger partial charge in [-0.3, -0.25) is 4.79 Å². The molecule has 0 aromatic heterocycles. The molecule has 2 aromatic rings. The Labute approximate surface area is 151 Å². The molecule has 0 atom stereocenters. The molecule has 2 aromatic carbocycles. The summed E-state index contributed by atoms with van der Waals surface area (Å²) in [5, 5.41) is 0. The zero-order valence-electron chi connectivity index (χ0n) is 14.6. The van der Waals surface area contributed by atoms with Gasteiger partial charge in [0.1, 0.15) is 5.75 Å². The van der Waals surface area contributed by atoms with E-state index >= 15 is 0 Å². The van der Waals surface area contributed by atoms with Crippen molar-refractivity contribution in [3.05, 3.63) is 60.4 Å². The molecule has 0 saturated carbocycles. The van der Waals surface area contributed by atoms with Gasteiger partial charge in [0.2, 0.25) is 0 Å². The van der Waals surface area contributed by atoms with Crippen molar-refractivity contribution in [2.45, 2.75) is 13.3 Å². The molecule has 0 N–H and O–H groups in total. The maximum absolute atomic E-state index is 14.2. The van der Waals surface area contributed by atoms with Gasteiger partial charge in [-0.15, -0.1) is 0 Å². The van der Waals surface area contributed by atoms with E-state index in [0.717, 1.165) is 5.56 Å². The van der Waals surface area contributed by atoms with Crippen LogP contribution in [0.25, 0.3) is 11.1 Å². The van der Waals surface area contributed by atoms with Crippen LogP contribution in [-0.4, -0.2) is 25.7 Å². The third-order valence-corrected chi connectivity index (χ3v) is 3.41. The molecule has 5 nitrogen and oxygen atoms in total. The van der Waals surface area contributed by atoms with Crippen molar-refractivity contribution in [3.63, 3.8) is 0 Å². The van der Waals surface area contributed by atoms with Crippen molar-refractivity contribution in [2.24, 2.45) is 0 Å². The van der Waals surface area contributed by atoms with E-state index in [0.29, 0.717) is 16.9 Å². The predicted molar refractivity (Wildman–Crippen MR) is 94.4 cm³/mol. The topological polar surface area (TPSA) is 61.8 Å². The minimum absolute atomic E-state index is 0.0437. The molecule has 0 spiro atoms. The third kappa shape index (κ3) is 5.26. The fraction of sp³-hybridized carbons (Fsp3) is 0.200. The van der Waals surface area contributed by atoms with Crippen molar-refractivity contribution < 1.29 is 28.2 Å². The van der Waals surface area contributed by atoms with E-state index in [4.69, 9.17) is 14.2 Å². The smallest absolute Gasteiger partial charge is 0.338 e. The van der Waals surface area contributed by atoms with Gasteiger partial charge in [0, 0.05) is 12.7 Å². The summed E-state index contributed by atoms with van der Waals surface area (Å²) in [6, 6.07) is 10.9. The molecule has 26 heavy (non-hydrogen) atoms. The Balaban J connectivity index is 2.09. The zero-order chi connectivity index (χ0) is 19.1. The van der Waals surface area contributed by atoms with Gasteiger partial charge in [-0.25, -0.2) is 9.18 Å². The summed E-state index contributed by atoms with van der Waals surface area (Å²) < 4.78 is 29.0. The molecule has 0 bridgehead atoms. The molecule has 6 heteroatoms. The number of hydrogen-bond donors (Lipinski definition) is 0. The van der Waals surface area contributed by atoms with Gasteiger partial charge in [-0.05, 0) is 42.3 Å². The Morgan fingerprint density at radius 3 is 2.27 bits per heavy atom. The molecular formula is C20H19FO5. The molecule has 2 rings (SSSR count). The van der Waals surface area contributed by atoms with Crippen molar-refractivity contribution in [1.82, 2.24) is 0 Å². The average Bonchev–Trinajstić information content (AvgIpc) is 2.62. The Bertz CT molecular complexity index is 811. The average molecular weight is 358 g/mol. The maximum Gasteiger partial charge on any atom is 0.338 e. The SMILES string of the molecule is C=C(C)C(=O)Oc1ccc(-c2ccc(OC(=O)CCOC)c(F)c2)cc1. The molecule has 0 saturated heterocycles. The van der Waals surface area contributed by atoms with Gasteiger partial charge < -0.3 is 14.2 Å². The van der Waals surface area contributed by atoms with Gasteiger partial charge in [0.25, 0.3) is 0 Å². The van der Waals surface area contributed by atoms with Crippen LogP contribution in [0.1, 0.15) is 13.3 Å². The molecule has 0 fully saturated rings. The molecule has 0 radical (unpaired) electrons. The van der Waals surface area contributed by atoms with Crippen molar-refractivity contribution >= 4 is 11.9 Å². The zero-order valence-corrected chi connectivity index (χ0v) is 14.6. The van der Waals surface area contributed by atoms with E-state index in [9.17, 15) is 14.0 Å². The van der Waals surface area contributed by atoms with Gasteiger partial charge in [-0.1, -0.05) is 24.8 Å². The number of esters is 2. The number of benzene rings is 2. The molecule has 0 aliphatic rings. The first-order valence-electron chi connectivity index (χ1n) is 7.88. The lowest BCUT2D eigenvalue weighted by molar-refractivity contribution is -0.135. The summed E-state index contributed by atoms with van der Waals surface area (Å²) in [5.41, 5.74) is 1.61. The van der Waals surface area contributed by atoms with Gasteiger partial charge in [0.15, 0.2) is 11.6 Å². The summed E-state index contributed by atoms with van der Waals surface area (Å²) in [5.74, 6) is -1.50. The lowest BCUT2D eigenvalue weighted by Gasteiger charge is -2.08. The number of halogens is 1. The van der Waals surface area contributed by atoms with Crippen LogP contribution in [0.4, 0.5) is 4.39 Å². The van der Waals surface area contributed by atoms with Crippen molar-refractivity contribution in [1.29, 1.82) is 0 Å². The van der Waals surface area contributed by atoms with Crippen LogP contribution in [0.3, 0.4) is 0 Å². The van der Waals surface area contributed by atoms with Crippen LogP contribution in [0.5, 0.6) is 11.5 Å².